The Labute approximate surface area is 260 Å². The van der Waals surface area contributed by atoms with Crippen molar-refractivity contribution in [2.75, 3.05) is 26.3 Å². The van der Waals surface area contributed by atoms with Gasteiger partial charge < -0.3 is 89.3 Å². The van der Waals surface area contributed by atoms with Crippen LogP contribution >= 0.6 is 0 Å². The number of nitrogens with zero attached hydrogens (tertiary/aromatic N) is 1. The van der Waals surface area contributed by atoms with E-state index in [0.717, 1.165) is 0 Å². The number of aliphatic imine (C=N–C) groups is 1. The van der Waals surface area contributed by atoms with E-state index in [1.807, 2.05) is 0 Å². The van der Waals surface area contributed by atoms with Crippen molar-refractivity contribution in [2.24, 2.45) is 39.6 Å². The first-order valence-corrected chi connectivity index (χ1v) is 15.2. The monoisotopic (exact) mass is 650 g/mol. The minimum absolute atomic E-state index is 0.00848. The van der Waals surface area contributed by atoms with E-state index in [0.29, 0.717) is 13.0 Å². The molecule has 2 saturated carbocycles. The van der Waals surface area contributed by atoms with Crippen molar-refractivity contribution >= 4 is 11.9 Å². The third-order valence-corrected chi connectivity index (χ3v) is 9.22. The molecule has 260 valence electrons. The van der Waals surface area contributed by atoms with Crippen molar-refractivity contribution in [1.82, 2.24) is 10.6 Å². The van der Waals surface area contributed by atoms with E-state index in [-0.39, 0.29) is 38.4 Å². The maximum Gasteiger partial charge on any atom is 0.254 e. The second-order valence-corrected chi connectivity index (χ2v) is 12.5. The third-order valence-electron chi connectivity index (χ3n) is 9.22. The zero-order valence-electron chi connectivity index (χ0n) is 24.9. The molecule has 19 N–H and O–H groups in total. The number of aliphatic hydroxyl groups is 7. The lowest BCUT2D eigenvalue weighted by molar-refractivity contribution is -0.306. The maximum atomic E-state index is 13.2. The molecule has 4 rings (SSSR count). The maximum absolute atomic E-state index is 13.2. The van der Waals surface area contributed by atoms with Gasteiger partial charge in [0.1, 0.15) is 24.4 Å². The van der Waals surface area contributed by atoms with Gasteiger partial charge in [-0.1, -0.05) is 0 Å². The molecule has 0 aromatic carbocycles. The van der Waals surface area contributed by atoms with Crippen LogP contribution in [0.4, 0.5) is 0 Å². The molecule has 2 aliphatic carbocycles. The van der Waals surface area contributed by atoms with Crippen LogP contribution in [0.3, 0.4) is 0 Å². The van der Waals surface area contributed by atoms with E-state index in [1.165, 1.54) is 0 Å². The van der Waals surface area contributed by atoms with E-state index in [1.54, 1.807) is 0 Å². The number of hydrogen-bond acceptors (Lipinski definition) is 16. The molecule has 0 aromatic heterocycles. The Balaban J connectivity index is 1.57. The third kappa shape index (κ3) is 7.84. The molecule has 16 atom stereocenters. The van der Waals surface area contributed by atoms with Crippen molar-refractivity contribution in [3.63, 3.8) is 0 Å². The van der Waals surface area contributed by atoms with Gasteiger partial charge in [-0.3, -0.25) is 4.79 Å². The molecule has 4 aliphatic rings. The molecule has 4 fully saturated rings. The zero-order valence-corrected chi connectivity index (χ0v) is 24.9. The highest BCUT2D eigenvalue weighted by Crippen LogP contribution is 2.41. The van der Waals surface area contributed by atoms with Crippen LogP contribution in [0.25, 0.3) is 0 Å². The smallest absolute Gasteiger partial charge is 0.254 e. The number of nitrogens with two attached hydrogens (primary N) is 5. The van der Waals surface area contributed by atoms with Gasteiger partial charge >= 0.3 is 0 Å². The Bertz CT molecular complexity index is 1030. The van der Waals surface area contributed by atoms with Crippen molar-refractivity contribution < 1.29 is 54.8 Å². The fourth-order valence-corrected chi connectivity index (χ4v) is 6.50. The summed E-state index contributed by atoms with van der Waals surface area (Å²) in [5.74, 6) is -2.06. The van der Waals surface area contributed by atoms with Crippen molar-refractivity contribution in [3.8, 4) is 0 Å². The number of ether oxygens (including phenoxy) is 3. The van der Waals surface area contributed by atoms with Crippen LogP contribution in [0, 0.1) is 5.92 Å². The lowest BCUT2D eigenvalue weighted by atomic mass is 9.72. The fraction of sp³-hybridized carbons (Fsp3) is 0.923. The fourth-order valence-electron chi connectivity index (χ4n) is 6.50. The molecule has 19 heteroatoms. The first kappa shape index (κ1) is 36.0. The largest absolute Gasteiger partial charge is 0.396 e. The van der Waals surface area contributed by atoms with Crippen LogP contribution in [-0.4, -0.2) is 165 Å². The van der Waals surface area contributed by atoms with Crippen molar-refractivity contribution in [2.45, 2.75) is 117 Å². The summed E-state index contributed by atoms with van der Waals surface area (Å²) in [6.07, 6.45) is -10.6. The molecular formula is C26H50N8O11. The van der Waals surface area contributed by atoms with E-state index in [9.17, 15) is 35.4 Å². The summed E-state index contributed by atoms with van der Waals surface area (Å²) in [6.45, 7) is 0.0592. The van der Waals surface area contributed by atoms with Gasteiger partial charge in [0.2, 0.25) is 0 Å². The normalized spacial score (nSPS) is 46.8. The highest BCUT2D eigenvalue weighted by atomic mass is 16.7. The van der Waals surface area contributed by atoms with E-state index < -0.39 is 109 Å². The first-order valence-electron chi connectivity index (χ1n) is 15.2. The predicted molar refractivity (Wildman–Crippen MR) is 156 cm³/mol. The van der Waals surface area contributed by atoms with Crippen LogP contribution in [0.1, 0.15) is 25.7 Å². The van der Waals surface area contributed by atoms with Gasteiger partial charge in [-0.2, -0.15) is 0 Å². The van der Waals surface area contributed by atoms with Crippen LogP contribution in [0.15, 0.2) is 4.99 Å². The Morgan fingerprint density at radius 1 is 0.978 bits per heavy atom. The number of carbonyl (C=O) groups is 1. The highest BCUT2D eigenvalue weighted by molar-refractivity contribution is 5.90. The van der Waals surface area contributed by atoms with Crippen molar-refractivity contribution in [1.29, 1.82) is 0 Å². The number of carbonyl (C=O) groups excluding carboxylic acids is 1. The number of guanidine groups is 1. The van der Waals surface area contributed by atoms with Gasteiger partial charge in [-0.15, -0.1) is 0 Å². The van der Waals surface area contributed by atoms with Crippen LogP contribution < -0.4 is 39.3 Å². The van der Waals surface area contributed by atoms with Gasteiger partial charge in [-0.25, -0.2) is 4.99 Å². The van der Waals surface area contributed by atoms with Gasteiger partial charge in [0, 0.05) is 37.6 Å². The molecule has 2 aliphatic heterocycles. The predicted octanol–water partition coefficient (Wildman–Crippen LogP) is -8.07. The number of aliphatic hydroxyl groups excluding tert-OH is 6. The summed E-state index contributed by atoms with van der Waals surface area (Å²) in [4.78, 5) is 17.0. The van der Waals surface area contributed by atoms with Gasteiger partial charge in [0.15, 0.2) is 17.9 Å². The summed E-state index contributed by atoms with van der Waals surface area (Å²) in [6, 6.07) is -4.81. The van der Waals surface area contributed by atoms with Crippen LogP contribution in [0.2, 0.25) is 0 Å². The van der Waals surface area contributed by atoms with Crippen molar-refractivity contribution in [3.05, 3.63) is 0 Å². The topological polar surface area (TPSA) is 353 Å². The number of amides is 1. The Kier molecular flexibility index (Phi) is 12.0. The molecule has 0 bridgehead atoms. The average Bonchev–Trinajstić information content (AvgIpc) is 3.63. The Morgan fingerprint density at radius 3 is 2.33 bits per heavy atom. The van der Waals surface area contributed by atoms with Gasteiger partial charge in [0.05, 0.1) is 49.1 Å². The Hall–Kier alpha value is -1.82. The first-order chi connectivity index (χ1) is 21.2. The standard InChI is InChI=1S/C26H50N8O11/c27-9-4-11(33-24(41)26(42)6-15(26)34-25(30)31)22(45-23-20(40)17(29)18(38)14(8-36)44-23)19(39)16(9)21-10(28)5-12(37)13(43-21)7-32-2-1-3-35/h9-23,32,35-40,42H,1-8,27-29H2,(H,33,41)(H4,30,31,34)/t9-,10+,11+,12-,13+,14+,15?,16?,17-,18+,19-,20+,21-,22-,23+,26?/m0/s1. The van der Waals surface area contributed by atoms with E-state index in [4.69, 9.17) is 48.0 Å². The number of nitrogens with one attached hydrogen (secondary N) is 2. The minimum Gasteiger partial charge on any atom is -0.396 e. The summed E-state index contributed by atoms with van der Waals surface area (Å²) < 4.78 is 17.8. The second-order valence-electron chi connectivity index (χ2n) is 12.5. The molecular weight excluding hydrogens is 600 g/mol. The minimum atomic E-state index is -1.92. The average molecular weight is 651 g/mol. The number of hydrogen-bond donors (Lipinski definition) is 14. The SMILES string of the molecule is NC(N)=NC1CC1(O)C(=O)N[C@@H]1C[C@H](N)C([C@H]2O[C@H](CNCCCO)[C@@H](O)C[C@H]2N)[C@H](O)[C@H]1O[C@H]1O[C@H](CO)[C@@H](O)[C@H](N)[C@H]1O. The zero-order chi connectivity index (χ0) is 33.2. The molecule has 1 amide bonds. The van der Waals surface area contributed by atoms with Gasteiger partial charge in [0.25, 0.3) is 5.91 Å². The molecule has 45 heavy (non-hydrogen) atoms. The molecule has 0 aromatic rings. The van der Waals surface area contributed by atoms with Crippen LogP contribution in [0.5, 0.6) is 0 Å². The summed E-state index contributed by atoms with van der Waals surface area (Å²) in [5, 5.41) is 78.8. The summed E-state index contributed by atoms with van der Waals surface area (Å²) in [5.41, 5.74) is 27.8. The lowest BCUT2D eigenvalue weighted by Gasteiger charge is -2.51. The summed E-state index contributed by atoms with van der Waals surface area (Å²) >= 11 is 0. The van der Waals surface area contributed by atoms with E-state index >= 15 is 0 Å². The molecule has 3 unspecified atom stereocenters. The lowest BCUT2D eigenvalue weighted by Crippen LogP contribution is -2.70. The quantitative estimate of drug-likeness (QED) is 0.0529. The summed E-state index contributed by atoms with van der Waals surface area (Å²) in [7, 11) is 0. The molecule has 2 heterocycles. The molecule has 0 radical (unpaired) electrons. The van der Waals surface area contributed by atoms with E-state index in [2.05, 4.69) is 15.6 Å². The number of rotatable bonds is 12. The molecule has 2 saturated heterocycles. The highest BCUT2D eigenvalue weighted by Gasteiger charge is 2.61. The van der Waals surface area contributed by atoms with Crippen LogP contribution in [-0.2, 0) is 19.0 Å². The molecule has 19 nitrogen and oxygen atoms in total. The van der Waals surface area contributed by atoms with Gasteiger partial charge in [-0.05, 0) is 25.8 Å². The Morgan fingerprint density at radius 2 is 1.69 bits per heavy atom. The second kappa shape index (κ2) is 14.9. The molecule has 0 spiro atoms.